The molecular formula is C12H26N2. The first kappa shape index (κ1) is 12.0. The predicted octanol–water partition coefficient (Wildman–Crippen LogP) is 2.06. The van der Waals surface area contributed by atoms with Crippen molar-refractivity contribution in [3.05, 3.63) is 0 Å². The molecule has 1 rings (SSSR count). The first-order valence-electron chi connectivity index (χ1n) is 6.09. The first-order valence-corrected chi connectivity index (χ1v) is 6.09. The Morgan fingerprint density at radius 2 is 2.21 bits per heavy atom. The highest BCUT2D eigenvalue weighted by Crippen LogP contribution is 2.19. The van der Waals surface area contributed by atoms with Crippen LogP contribution in [-0.2, 0) is 0 Å². The van der Waals surface area contributed by atoms with E-state index in [9.17, 15) is 0 Å². The third-order valence-corrected chi connectivity index (χ3v) is 3.41. The number of hydrogen-bond donors (Lipinski definition) is 0. The fraction of sp³-hybridized carbons (Fsp3) is 1.00. The highest BCUT2D eigenvalue weighted by Gasteiger charge is 2.16. The van der Waals surface area contributed by atoms with Crippen molar-refractivity contribution in [1.82, 2.24) is 9.80 Å². The summed E-state index contributed by atoms with van der Waals surface area (Å²) in [7, 11) is 4.47. The lowest BCUT2D eigenvalue weighted by atomic mass is 9.94. The number of piperidine rings is 1. The molecule has 1 heterocycles. The van der Waals surface area contributed by atoms with E-state index in [0.717, 1.165) is 5.92 Å². The second-order valence-corrected chi connectivity index (χ2v) is 4.81. The molecule has 2 heteroatoms. The van der Waals surface area contributed by atoms with Gasteiger partial charge in [-0.05, 0) is 65.3 Å². The molecule has 1 fully saturated rings. The summed E-state index contributed by atoms with van der Waals surface area (Å²) in [5.41, 5.74) is 0. The van der Waals surface area contributed by atoms with Crippen LogP contribution in [0.2, 0.25) is 0 Å². The molecule has 0 saturated carbocycles. The quantitative estimate of drug-likeness (QED) is 0.667. The molecule has 1 aliphatic rings. The van der Waals surface area contributed by atoms with Crippen molar-refractivity contribution in [2.75, 3.05) is 40.3 Å². The van der Waals surface area contributed by atoms with Crippen molar-refractivity contribution < 1.29 is 0 Å². The average Bonchev–Trinajstić information content (AvgIpc) is 2.17. The number of likely N-dealkylation sites (tertiary alicyclic amines) is 1. The predicted molar refractivity (Wildman–Crippen MR) is 62.6 cm³/mol. The Kier molecular flexibility index (Phi) is 5.49. The van der Waals surface area contributed by atoms with Gasteiger partial charge >= 0.3 is 0 Å². The van der Waals surface area contributed by atoms with E-state index in [1.807, 2.05) is 0 Å². The van der Waals surface area contributed by atoms with E-state index < -0.39 is 0 Å². The minimum Gasteiger partial charge on any atom is -0.307 e. The minimum absolute atomic E-state index is 0.971. The summed E-state index contributed by atoms with van der Waals surface area (Å²) < 4.78 is 0. The number of hydrogen-bond acceptors (Lipinski definition) is 2. The van der Waals surface area contributed by atoms with Crippen LogP contribution in [0.3, 0.4) is 0 Å². The Morgan fingerprint density at radius 3 is 2.86 bits per heavy atom. The third-order valence-electron chi connectivity index (χ3n) is 3.41. The smallest absolute Gasteiger partial charge is 0.000662 e. The SMILES string of the molecule is CCN(C)CCCC1CCCN(C)C1. The van der Waals surface area contributed by atoms with Crippen LogP contribution in [-0.4, -0.2) is 50.1 Å². The summed E-state index contributed by atoms with van der Waals surface area (Å²) in [4.78, 5) is 4.89. The van der Waals surface area contributed by atoms with Crippen molar-refractivity contribution in [3.63, 3.8) is 0 Å². The average molecular weight is 198 g/mol. The van der Waals surface area contributed by atoms with E-state index >= 15 is 0 Å². The van der Waals surface area contributed by atoms with Gasteiger partial charge in [-0.1, -0.05) is 6.92 Å². The second-order valence-electron chi connectivity index (χ2n) is 4.81. The Bertz CT molecular complexity index is 147. The molecule has 0 aliphatic carbocycles. The van der Waals surface area contributed by atoms with E-state index in [0.29, 0.717) is 0 Å². The maximum atomic E-state index is 2.48. The van der Waals surface area contributed by atoms with Crippen LogP contribution in [0.4, 0.5) is 0 Å². The van der Waals surface area contributed by atoms with Crippen LogP contribution in [0.15, 0.2) is 0 Å². The lowest BCUT2D eigenvalue weighted by Gasteiger charge is -2.30. The molecular weight excluding hydrogens is 172 g/mol. The largest absolute Gasteiger partial charge is 0.307 e. The van der Waals surface area contributed by atoms with Gasteiger partial charge in [-0.2, -0.15) is 0 Å². The van der Waals surface area contributed by atoms with E-state index in [2.05, 4.69) is 30.8 Å². The molecule has 1 aliphatic heterocycles. The van der Waals surface area contributed by atoms with Gasteiger partial charge in [0.05, 0.1) is 0 Å². The molecule has 1 saturated heterocycles. The van der Waals surface area contributed by atoms with Gasteiger partial charge in [0.2, 0.25) is 0 Å². The molecule has 0 amide bonds. The van der Waals surface area contributed by atoms with Crippen LogP contribution in [0.5, 0.6) is 0 Å². The van der Waals surface area contributed by atoms with Crippen molar-refractivity contribution in [2.24, 2.45) is 5.92 Å². The molecule has 0 radical (unpaired) electrons. The van der Waals surface area contributed by atoms with Gasteiger partial charge in [-0.25, -0.2) is 0 Å². The third kappa shape index (κ3) is 4.43. The van der Waals surface area contributed by atoms with E-state index in [1.54, 1.807) is 0 Å². The summed E-state index contributed by atoms with van der Waals surface area (Å²) in [6, 6.07) is 0. The molecule has 0 aromatic carbocycles. The van der Waals surface area contributed by atoms with Crippen LogP contribution >= 0.6 is 0 Å². The molecule has 0 bridgehead atoms. The van der Waals surface area contributed by atoms with Gasteiger partial charge in [0.1, 0.15) is 0 Å². The maximum Gasteiger partial charge on any atom is 0.000662 e. The Hall–Kier alpha value is -0.0800. The molecule has 1 atom stereocenters. The van der Waals surface area contributed by atoms with Gasteiger partial charge < -0.3 is 9.80 Å². The van der Waals surface area contributed by atoms with Crippen LogP contribution < -0.4 is 0 Å². The summed E-state index contributed by atoms with van der Waals surface area (Å²) in [5, 5.41) is 0. The van der Waals surface area contributed by atoms with Gasteiger partial charge in [0.15, 0.2) is 0 Å². The zero-order chi connectivity index (χ0) is 10.4. The van der Waals surface area contributed by atoms with Crippen LogP contribution in [0.1, 0.15) is 32.6 Å². The number of nitrogens with zero attached hydrogens (tertiary/aromatic N) is 2. The van der Waals surface area contributed by atoms with Crippen molar-refractivity contribution in [1.29, 1.82) is 0 Å². The number of rotatable bonds is 5. The van der Waals surface area contributed by atoms with Crippen molar-refractivity contribution in [2.45, 2.75) is 32.6 Å². The molecule has 0 aromatic heterocycles. The zero-order valence-corrected chi connectivity index (χ0v) is 10.1. The Labute approximate surface area is 89.3 Å². The fourth-order valence-corrected chi connectivity index (χ4v) is 2.32. The van der Waals surface area contributed by atoms with Gasteiger partial charge in [-0.3, -0.25) is 0 Å². The monoisotopic (exact) mass is 198 g/mol. The summed E-state index contributed by atoms with van der Waals surface area (Å²) >= 11 is 0. The Morgan fingerprint density at radius 1 is 1.43 bits per heavy atom. The van der Waals surface area contributed by atoms with E-state index in [-0.39, 0.29) is 0 Å². The van der Waals surface area contributed by atoms with Gasteiger partial charge in [0.25, 0.3) is 0 Å². The summed E-state index contributed by atoms with van der Waals surface area (Å²) in [6.07, 6.45) is 5.67. The van der Waals surface area contributed by atoms with Gasteiger partial charge in [-0.15, -0.1) is 0 Å². The first-order chi connectivity index (χ1) is 6.72. The standard InChI is InChI=1S/C12H26N2/c1-4-13(2)9-5-7-12-8-6-10-14(3)11-12/h12H,4-11H2,1-3H3. The molecule has 0 spiro atoms. The maximum absolute atomic E-state index is 2.48. The normalized spacial score (nSPS) is 24.4. The van der Waals surface area contributed by atoms with E-state index in [1.165, 1.54) is 51.9 Å². The molecule has 1 unspecified atom stereocenters. The van der Waals surface area contributed by atoms with Crippen molar-refractivity contribution in [3.8, 4) is 0 Å². The fourth-order valence-electron chi connectivity index (χ4n) is 2.32. The lowest BCUT2D eigenvalue weighted by Crippen LogP contribution is -2.32. The molecule has 0 aromatic rings. The highest BCUT2D eigenvalue weighted by atomic mass is 15.1. The topological polar surface area (TPSA) is 6.48 Å². The second kappa shape index (κ2) is 6.41. The minimum atomic E-state index is 0.971. The van der Waals surface area contributed by atoms with E-state index in [4.69, 9.17) is 0 Å². The highest BCUT2D eigenvalue weighted by molar-refractivity contribution is 4.70. The summed E-state index contributed by atoms with van der Waals surface area (Å²) in [5.74, 6) is 0.971. The zero-order valence-electron chi connectivity index (χ0n) is 10.1. The Balaban J connectivity index is 2.05. The van der Waals surface area contributed by atoms with Gasteiger partial charge in [0, 0.05) is 6.54 Å². The molecule has 14 heavy (non-hydrogen) atoms. The van der Waals surface area contributed by atoms with Crippen molar-refractivity contribution >= 4 is 0 Å². The molecule has 84 valence electrons. The van der Waals surface area contributed by atoms with Crippen LogP contribution in [0.25, 0.3) is 0 Å². The lowest BCUT2D eigenvalue weighted by molar-refractivity contribution is 0.195. The summed E-state index contributed by atoms with van der Waals surface area (Å²) in [6.45, 7) is 7.33. The molecule has 0 N–H and O–H groups in total. The van der Waals surface area contributed by atoms with Crippen LogP contribution in [0, 0.1) is 5.92 Å². The molecule has 2 nitrogen and oxygen atoms in total.